The van der Waals surface area contributed by atoms with E-state index in [0.29, 0.717) is 18.5 Å². The highest BCUT2D eigenvalue weighted by Gasteiger charge is 2.26. The number of fused-ring (bicyclic) bond motifs is 1. The summed E-state index contributed by atoms with van der Waals surface area (Å²) < 4.78 is 11.4. The standard InChI is InChI=1S/C26H25NO4/c1-17(28)22-10-6-7-11-23(22)19-12-13-24-20(14-19)15-21(31-24)16-27-26(29)25(30-2)18-8-4-3-5-9-18/h3-14,21,25H,15-16H2,1-2H3,(H,27,29)/t21-,25-/m1/s1. The molecule has 3 aromatic carbocycles. The first kappa shape index (κ1) is 20.8. The van der Waals surface area contributed by atoms with Crippen LogP contribution in [0, 0.1) is 0 Å². The summed E-state index contributed by atoms with van der Waals surface area (Å²) >= 11 is 0. The Hall–Kier alpha value is -3.44. The second kappa shape index (κ2) is 9.14. The zero-order valence-electron chi connectivity index (χ0n) is 17.6. The highest BCUT2D eigenvalue weighted by atomic mass is 16.5. The van der Waals surface area contributed by atoms with Crippen LogP contribution in [-0.2, 0) is 16.0 Å². The number of carbonyl (C=O) groups excluding carboxylic acids is 2. The maximum Gasteiger partial charge on any atom is 0.253 e. The van der Waals surface area contributed by atoms with Crippen molar-refractivity contribution in [1.82, 2.24) is 5.32 Å². The molecule has 1 heterocycles. The van der Waals surface area contributed by atoms with Gasteiger partial charge in [-0.05, 0) is 41.3 Å². The van der Waals surface area contributed by atoms with E-state index in [9.17, 15) is 9.59 Å². The van der Waals surface area contributed by atoms with Gasteiger partial charge < -0.3 is 14.8 Å². The minimum Gasteiger partial charge on any atom is -0.488 e. The summed E-state index contributed by atoms with van der Waals surface area (Å²) in [5, 5.41) is 2.95. The van der Waals surface area contributed by atoms with Crippen LogP contribution in [0.25, 0.3) is 11.1 Å². The van der Waals surface area contributed by atoms with E-state index >= 15 is 0 Å². The van der Waals surface area contributed by atoms with Gasteiger partial charge in [-0.2, -0.15) is 0 Å². The van der Waals surface area contributed by atoms with Crippen LogP contribution in [0.2, 0.25) is 0 Å². The molecule has 3 aromatic rings. The lowest BCUT2D eigenvalue weighted by atomic mass is 9.95. The molecule has 1 aliphatic rings. The van der Waals surface area contributed by atoms with Gasteiger partial charge in [0, 0.05) is 19.1 Å². The zero-order chi connectivity index (χ0) is 21.8. The molecule has 0 radical (unpaired) electrons. The lowest BCUT2D eigenvalue weighted by Gasteiger charge is -2.17. The van der Waals surface area contributed by atoms with Gasteiger partial charge in [0.25, 0.3) is 5.91 Å². The Morgan fingerprint density at radius 3 is 2.55 bits per heavy atom. The molecule has 0 fully saturated rings. The van der Waals surface area contributed by atoms with Crippen molar-refractivity contribution in [3.8, 4) is 16.9 Å². The molecule has 5 heteroatoms. The molecule has 0 saturated carbocycles. The Kier molecular flexibility index (Phi) is 6.14. The molecule has 0 bridgehead atoms. The van der Waals surface area contributed by atoms with Gasteiger partial charge in [-0.25, -0.2) is 0 Å². The van der Waals surface area contributed by atoms with Gasteiger partial charge in [-0.15, -0.1) is 0 Å². The predicted octanol–water partition coefficient (Wildman–Crippen LogP) is 4.36. The van der Waals surface area contributed by atoms with Crippen molar-refractivity contribution in [1.29, 1.82) is 0 Å². The molecule has 5 nitrogen and oxygen atoms in total. The Morgan fingerprint density at radius 2 is 1.81 bits per heavy atom. The summed E-state index contributed by atoms with van der Waals surface area (Å²) in [5.41, 5.74) is 4.49. The average molecular weight is 415 g/mol. The fourth-order valence-electron chi connectivity index (χ4n) is 3.97. The normalized spacial score (nSPS) is 15.6. The summed E-state index contributed by atoms with van der Waals surface area (Å²) in [6, 6.07) is 23.0. The Labute approximate surface area is 182 Å². The number of methoxy groups -OCH3 is 1. The largest absolute Gasteiger partial charge is 0.488 e. The number of amides is 1. The van der Waals surface area contributed by atoms with Crippen molar-refractivity contribution in [2.75, 3.05) is 13.7 Å². The van der Waals surface area contributed by atoms with E-state index in [-0.39, 0.29) is 17.8 Å². The molecule has 1 N–H and O–H groups in total. The summed E-state index contributed by atoms with van der Waals surface area (Å²) in [5.74, 6) is 0.665. The Balaban J connectivity index is 1.43. The molecule has 158 valence electrons. The summed E-state index contributed by atoms with van der Waals surface area (Å²) in [7, 11) is 1.53. The topological polar surface area (TPSA) is 64.6 Å². The average Bonchev–Trinajstić information content (AvgIpc) is 3.21. The second-order valence-electron chi connectivity index (χ2n) is 7.64. The van der Waals surface area contributed by atoms with Crippen LogP contribution in [0.5, 0.6) is 5.75 Å². The smallest absolute Gasteiger partial charge is 0.253 e. The molecule has 1 aliphatic heterocycles. The third-order valence-electron chi connectivity index (χ3n) is 5.50. The van der Waals surface area contributed by atoms with Crippen LogP contribution in [-0.4, -0.2) is 31.4 Å². The van der Waals surface area contributed by atoms with E-state index in [1.165, 1.54) is 7.11 Å². The predicted molar refractivity (Wildman–Crippen MR) is 119 cm³/mol. The fourth-order valence-corrected chi connectivity index (χ4v) is 3.97. The lowest BCUT2D eigenvalue weighted by Crippen LogP contribution is -2.37. The van der Waals surface area contributed by atoms with Crippen LogP contribution >= 0.6 is 0 Å². The van der Waals surface area contributed by atoms with Gasteiger partial charge in [0.1, 0.15) is 11.9 Å². The second-order valence-corrected chi connectivity index (χ2v) is 7.64. The first-order valence-corrected chi connectivity index (χ1v) is 10.3. The maximum atomic E-state index is 12.6. The number of Topliss-reactive ketones (excluding diaryl/α,β-unsaturated/α-hetero) is 1. The molecule has 0 saturated heterocycles. The van der Waals surface area contributed by atoms with Gasteiger partial charge in [0.2, 0.25) is 0 Å². The number of rotatable bonds is 7. The van der Waals surface area contributed by atoms with Crippen LogP contribution in [0.1, 0.15) is 34.5 Å². The molecule has 2 atom stereocenters. The molecule has 0 unspecified atom stereocenters. The van der Waals surface area contributed by atoms with E-state index in [0.717, 1.165) is 28.0 Å². The Bertz CT molecular complexity index is 1090. The van der Waals surface area contributed by atoms with E-state index in [1.807, 2.05) is 66.7 Å². The first-order valence-electron chi connectivity index (χ1n) is 10.3. The number of hydrogen-bond donors (Lipinski definition) is 1. The molecule has 0 aromatic heterocycles. The maximum absolute atomic E-state index is 12.6. The molecule has 0 spiro atoms. The molecule has 4 rings (SSSR count). The first-order chi connectivity index (χ1) is 15.1. The van der Waals surface area contributed by atoms with Crippen molar-refractivity contribution in [2.45, 2.75) is 25.6 Å². The number of ether oxygens (including phenoxy) is 2. The Morgan fingerprint density at radius 1 is 1.06 bits per heavy atom. The zero-order valence-corrected chi connectivity index (χ0v) is 17.6. The van der Waals surface area contributed by atoms with Crippen molar-refractivity contribution < 1.29 is 19.1 Å². The van der Waals surface area contributed by atoms with Crippen LogP contribution in [0.4, 0.5) is 0 Å². The van der Waals surface area contributed by atoms with E-state index in [2.05, 4.69) is 11.4 Å². The summed E-state index contributed by atoms with van der Waals surface area (Å²) in [6.45, 7) is 1.97. The number of nitrogens with one attached hydrogen (secondary N) is 1. The minimum atomic E-state index is -0.653. The van der Waals surface area contributed by atoms with E-state index in [4.69, 9.17) is 9.47 Å². The highest BCUT2D eigenvalue weighted by molar-refractivity contribution is 6.00. The number of benzene rings is 3. The number of hydrogen-bond acceptors (Lipinski definition) is 4. The number of carbonyl (C=O) groups is 2. The lowest BCUT2D eigenvalue weighted by molar-refractivity contribution is -0.131. The third-order valence-corrected chi connectivity index (χ3v) is 5.50. The van der Waals surface area contributed by atoms with Gasteiger partial charge in [-0.1, -0.05) is 60.7 Å². The van der Waals surface area contributed by atoms with Gasteiger partial charge in [0.15, 0.2) is 11.9 Å². The summed E-state index contributed by atoms with van der Waals surface area (Å²) in [4.78, 5) is 24.6. The van der Waals surface area contributed by atoms with Crippen LogP contribution < -0.4 is 10.1 Å². The molecule has 31 heavy (non-hydrogen) atoms. The van der Waals surface area contributed by atoms with E-state index < -0.39 is 6.10 Å². The van der Waals surface area contributed by atoms with E-state index in [1.54, 1.807) is 6.92 Å². The van der Waals surface area contributed by atoms with Crippen molar-refractivity contribution in [3.05, 3.63) is 89.5 Å². The van der Waals surface area contributed by atoms with Crippen molar-refractivity contribution in [3.63, 3.8) is 0 Å². The number of ketones is 1. The molecule has 1 amide bonds. The SMILES string of the molecule is CO[C@@H](C(=O)NC[C@H]1Cc2cc(-c3ccccc3C(C)=O)ccc2O1)c1ccccc1. The monoisotopic (exact) mass is 415 g/mol. The van der Waals surface area contributed by atoms with Crippen LogP contribution in [0.15, 0.2) is 72.8 Å². The quantitative estimate of drug-likeness (QED) is 0.582. The summed E-state index contributed by atoms with van der Waals surface area (Å²) in [6.07, 6.45) is -0.112. The van der Waals surface area contributed by atoms with Crippen molar-refractivity contribution >= 4 is 11.7 Å². The molecular formula is C26H25NO4. The van der Waals surface area contributed by atoms with Crippen LogP contribution in [0.3, 0.4) is 0 Å². The van der Waals surface area contributed by atoms with Gasteiger partial charge in [0.05, 0.1) is 6.54 Å². The third kappa shape index (κ3) is 4.52. The molecule has 0 aliphatic carbocycles. The van der Waals surface area contributed by atoms with Gasteiger partial charge in [-0.3, -0.25) is 9.59 Å². The van der Waals surface area contributed by atoms with Gasteiger partial charge >= 0.3 is 0 Å². The fraction of sp³-hybridized carbons (Fsp3) is 0.231. The highest BCUT2D eigenvalue weighted by Crippen LogP contribution is 2.34. The minimum absolute atomic E-state index is 0.0408. The van der Waals surface area contributed by atoms with Crippen molar-refractivity contribution in [2.24, 2.45) is 0 Å². The molecular weight excluding hydrogens is 390 g/mol.